The Labute approximate surface area is 172 Å². The molecule has 0 aliphatic carbocycles. The van der Waals surface area contributed by atoms with Crippen LogP contribution in [0.1, 0.15) is 5.56 Å². The molecule has 0 bridgehead atoms. The largest absolute Gasteiger partial charge is 0.484 e. The summed E-state index contributed by atoms with van der Waals surface area (Å²) in [5.41, 5.74) is 3.24. The van der Waals surface area contributed by atoms with E-state index in [-0.39, 0.29) is 24.2 Å². The number of hydrazone groups is 1. The fraction of sp³-hybridized carbons (Fsp3) is 0.316. The van der Waals surface area contributed by atoms with Crippen molar-refractivity contribution in [3.05, 3.63) is 48.3 Å². The zero-order valence-corrected chi connectivity index (χ0v) is 16.5. The van der Waals surface area contributed by atoms with Crippen LogP contribution < -0.4 is 10.2 Å². The number of nitrogens with zero attached hydrogens (tertiary/aromatic N) is 4. The minimum absolute atomic E-state index is 0.00765. The fourth-order valence-electron chi connectivity index (χ4n) is 2.40. The molecule has 152 valence electrons. The molecule has 1 aromatic heterocycles. The third kappa shape index (κ3) is 7.16. The molecule has 0 saturated carbocycles. The SMILES string of the molecule is O=C(CSc1ncccn1)N/N=C\c1ccc(OCC(=O)N2CCOCC2)cc1. The molecule has 0 spiro atoms. The van der Waals surface area contributed by atoms with E-state index in [0.29, 0.717) is 37.2 Å². The normalized spacial score (nSPS) is 14.0. The van der Waals surface area contributed by atoms with Crippen LogP contribution in [0.4, 0.5) is 0 Å². The van der Waals surface area contributed by atoms with Gasteiger partial charge in [0.15, 0.2) is 11.8 Å². The maximum atomic E-state index is 12.1. The number of nitrogens with one attached hydrogen (secondary N) is 1. The van der Waals surface area contributed by atoms with Gasteiger partial charge < -0.3 is 14.4 Å². The number of carbonyl (C=O) groups excluding carboxylic acids is 2. The fourth-order valence-corrected chi connectivity index (χ4v) is 3.00. The number of benzene rings is 1. The number of hydrogen-bond acceptors (Lipinski definition) is 8. The molecule has 1 fully saturated rings. The van der Waals surface area contributed by atoms with Gasteiger partial charge in [-0.05, 0) is 35.9 Å². The van der Waals surface area contributed by atoms with Crippen LogP contribution in [0.3, 0.4) is 0 Å². The van der Waals surface area contributed by atoms with Gasteiger partial charge in [0.1, 0.15) is 5.75 Å². The van der Waals surface area contributed by atoms with Gasteiger partial charge in [0.25, 0.3) is 11.8 Å². The lowest BCUT2D eigenvalue weighted by Crippen LogP contribution is -2.42. The van der Waals surface area contributed by atoms with Gasteiger partial charge in [-0.2, -0.15) is 5.10 Å². The number of carbonyl (C=O) groups is 2. The number of thioether (sulfide) groups is 1. The minimum Gasteiger partial charge on any atom is -0.484 e. The van der Waals surface area contributed by atoms with Gasteiger partial charge in [0.2, 0.25) is 0 Å². The zero-order valence-electron chi connectivity index (χ0n) is 15.7. The maximum Gasteiger partial charge on any atom is 0.260 e. The van der Waals surface area contributed by atoms with Crippen LogP contribution in [0.15, 0.2) is 53.0 Å². The third-order valence-corrected chi connectivity index (χ3v) is 4.76. The molecular weight excluding hydrogens is 394 g/mol. The number of rotatable bonds is 8. The lowest BCUT2D eigenvalue weighted by molar-refractivity contribution is -0.137. The molecule has 0 atom stereocenters. The predicted octanol–water partition coefficient (Wildman–Crippen LogP) is 0.957. The van der Waals surface area contributed by atoms with Crippen LogP contribution in [0, 0.1) is 0 Å². The highest BCUT2D eigenvalue weighted by molar-refractivity contribution is 7.99. The molecule has 1 saturated heterocycles. The number of aromatic nitrogens is 2. The minimum atomic E-state index is -0.250. The monoisotopic (exact) mass is 415 g/mol. The molecule has 2 amide bonds. The number of ether oxygens (including phenoxy) is 2. The molecule has 2 heterocycles. The first-order chi connectivity index (χ1) is 14.2. The van der Waals surface area contributed by atoms with Gasteiger partial charge in [-0.1, -0.05) is 11.8 Å². The second-order valence-electron chi connectivity index (χ2n) is 5.96. The van der Waals surface area contributed by atoms with E-state index in [9.17, 15) is 9.59 Å². The van der Waals surface area contributed by atoms with Gasteiger partial charge >= 0.3 is 0 Å². The van der Waals surface area contributed by atoms with Crippen molar-refractivity contribution in [3.63, 3.8) is 0 Å². The summed E-state index contributed by atoms with van der Waals surface area (Å²) in [6, 6.07) is 8.79. The zero-order chi connectivity index (χ0) is 20.3. The molecule has 2 aromatic rings. The molecule has 0 radical (unpaired) electrons. The number of morpholine rings is 1. The first kappa shape index (κ1) is 20.7. The van der Waals surface area contributed by atoms with Crippen LogP contribution >= 0.6 is 11.8 Å². The highest BCUT2D eigenvalue weighted by Gasteiger charge is 2.17. The quantitative estimate of drug-likeness (QED) is 0.296. The van der Waals surface area contributed by atoms with Crippen LogP contribution in [0.25, 0.3) is 0 Å². The van der Waals surface area contributed by atoms with Crippen LogP contribution in [-0.4, -0.2) is 71.6 Å². The van der Waals surface area contributed by atoms with Crippen molar-refractivity contribution in [1.29, 1.82) is 0 Å². The number of hydrogen-bond donors (Lipinski definition) is 1. The summed E-state index contributed by atoms with van der Waals surface area (Å²) in [5, 5.41) is 4.46. The maximum absolute atomic E-state index is 12.1. The second-order valence-corrected chi connectivity index (χ2v) is 6.91. The van der Waals surface area contributed by atoms with E-state index in [4.69, 9.17) is 9.47 Å². The molecule has 3 rings (SSSR count). The van der Waals surface area contributed by atoms with E-state index in [1.165, 1.54) is 18.0 Å². The van der Waals surface area contributed by atoms with E-state index in [2.05, 4.69) is 20.5 Å². The first-order valence-corrected chi connectivity index (χ1v) is 9.99. The first-order valence-electron chi connectivity index (χ1n) is 9.01. The molecule has 1 aliphatic rings. The van der Waals surface area contributed by atoms with Crippen molar-refractivity contribution in [2.75, 3.05) is 38.7 Å². The Bertz CT molecular complexity index is 826. The van der Waals surface area contributed by atoms with Crippen molar-refractivity contribution in [2.24, 2.45) is 5.10 Å². The lowest BCUT2D eigenvalue weighted by atomic mass is 10.2. The van der Waals surface area contributed by atoms with Crippen LogP contribution in [0.5, 0.6) is 5.75 Å². The van der Waals surface area contributed by atoms with Crippen molar-refractivity contribution in [2.45, 2.75) is 5.16 Å². The summed E-state index contributed by atoms with van der Waals surface area (Å²) < 4.78 is 10.8. The predicted molar refractivity (Wildman–Crippen MR) is 108 cm³/mol. The average molecular weight is 415 g/mol. The van der Waals surface area contributed by atoms with Gasteiger partial charge in [-0.3, -0.25) is 9.59 Å². The summed E-state index contributed by atoms with van der Waals surface area (Å²) in [4.78, 5) is 33.6. The van der Waals surface area contributed by atoms with E-state index in [1.54, 1.807) is 47.6 Å². The van der Waals surface area contributed by atoms with Crippen molar-refractivity contribution in [3.8, 4) is 5.75 Å². The van der Waals surface area contributed by atoms with Gasteiger partial charge in [0, 0.05) is 25.5 Å². The molecule has 1 aromatic carbocycles. The Morgan fingerprint density at radius 2 is 1.93 bits per heavy atom. The number of amides is 2. The third-order valence-electron chi connectivity index (χ3n) is 3.88. The molecule has 0 unspecified atom stereocenters. The van der Waals surface area contributed by atoms with Gasteiger partial charge in [0.05, 0.1) is 25.2 Å². The summed E-state index contributed by atoms with van der Waals surface area (Å²) in [5.74, 6) is 0.457. The van der Waals surface area contributed by atoms with Crippen LogP contribution in [0.2, 0.25) is 0 Å². The van der Waals surface area contributed by atoms with E-state index in [0.717, 1.165) is 5.56 Å². The average Bonchev–Trinajstić information content (AvgIpc) is 2.78. The summed E-state index contributed by atoms with van der Waals surface area (Å²) in [6.07, 6.45) is 4.78. The van der Waals surface area contributed by atoms with Gasteiger partial charge in [-0.25, -0.2) is 15.4 Å². The summed E-state index contributed by atoms with van der Waals surface area (Å²) in [6.45, 7) is 2.32. The summed E-state index contributed by atoms with van der Waals surface area (Å²) >= 11 is 1.23. The smallest absolute Gasteiger partial charge is 0.260 e. The Kier molecular flexibility index (Phi) is 7.96. The van der Waals surface area contributed by atoms with Gasteiger partial charge in [-0.15, -0.1) is 0 Å². The molecular formula is C19H21N5O4S. The molecule has 29 heavy (non-hydrogen) atoms. The standard InChI is InChI=1S/C19H21N5O4S/c25-17(14-29-19-20-6-1-7-21-19)23-22-12-15-2-4-16(5-3-15)28-13-18(26)24-8-10-27-11-9-24/h1-7,12H,8-11,13-14H2,(H,23,25)/b22-12-. The van der Waals surface area contributed by atoms with E-state index >= 15 is 0 Å². The highest BCUT2D eigenvalue weighted by Crippen LogP contribution is 2.12. The molecule has 10 heteroatoms. The van der Waals surface area contributed by atoms with Crippen LogP contribution in [-0.2, 0) is 14.3 Å². The molecule has 1 N–H and O–H groups in total. The Balaban J connectivity index is 1.38. The van der Waals surface area contributed by atoms with Crippen molar-refractivity contribution >= 4 is 29.8 Å². The van der Waals surface area contributed by atoms with Crippen molar-refractivity contribution < 1.29 is 19.1 Å². The topological polar surface area (TPSA) is 106 Å². The highest BCUT2D eigenvalue weighted by atomic mass is 32.2. The summed E-state index contributed by atoms with van der Waals surface area (Å²) in [7, 11) is 0. The second kappa shape index (κ2) is 11.1. The van der Waals surface area contributed by atoms with E-state index < -0.39 is 0 Å². The lowest BCUT2D eigenvalue weighted by Gasteiger charge is -2.26. The molecule has 9 nitrogen and oxygen atoms in total. The molecule has 1 aliphatic heterocycles. The Hall–Kier alpha value is -2.98. The Morgan fingerprint density at radius 3 is 2.66 bits per heavy atom. The van der Waals surface area contributed by atoms with E-state index in [1.807, 2.05) is 0 Å². The Morgan fingerprint density at radius 1 is 1.21 bits per heavy atom. The van der Waals surface area contributed by atoms with Crippen molar-refractivity contribution in [1.82, 2.24) is 20.3 Å².